The van der Waals surface area contributed by atoms with Crippen LogP contribution in [0.1, 0.15) is 11.1 Å². The van der Waals surface area contributed by atoms with Crippen molar-refractivity contribution in [1.82, 2.24) is 5.32 Å². The lowest BCUT2D eigenvalue weighted by Crippen LogP contribution is -2.19. The molecule has 8 heteroatoms. The second-order valence-corrected chi connectivity index (χ2v) is 9.29. The second kappa shape index (κ2) is 9.80. The molecule has 0 atom stereocenters. The number of carbonyl (C=O) groups is 1. The third kappa shape index (κ3) is 5.64. The Bertz CT molecular complexity index is 1160. The molecule has 1 N–H and O–H groups in total. The molecule has 0 aromatic heterocycles. The minimum Gasteiger partial charge on any atom is -0.487 e. The van der Waals surface area contributed by atoms with E-state index >= 15 is 0 Å². The fourth-order valence-electron chi connectivity index (χ4n) is 2.79. The quantitative estimate of drug-likeness (QED) is 0.348. The molecular weight excluding hydrogens is 547 g/mol. The predicted octanol–water partition coefficient (Wildman–Crippen LogP) is 6.82. The minimum atomic E-state index is -0.283. The number of rotatable bonds is 5. The first-order valence-corrected chi connectivity index (χ1v) is 11.6. The summed E-state index contributed by atoms with van der Waals surface area (Å²) in [7, 11) is 0. The molecule has 0 bridgehead atoms. The number of amidine groups is 1. The molecule has 31 heavy (non-hydrogen) atoms. The van der Waals surface area contributed by atoms with Crippen LogP contribution in [-0.2, 0) is 11.4 Å². The molecule has 4 rings (SSSR count). The largest absolute Gasteiger partial charge is 0.487 e. The van der Waals surface area contributed by atoms with E-state index in [4.69, 9.17) is 4.74 Å². The molecule has 1 saturated heterocycles. The number of hydrogen-bond donors (Lipinski definition) is 1. The lowest BCUT2D eigenvalue weighted by Gasteiger charge is -2.11. The Kier molecular flexibility index (Phi) is 6.89. The summed E-state index contributed by atoms with van der Waals surface area (Å²) in [4.78, 5) is 17.3. The van der Waals surface area contributed by atoms with Crippen molar-refractivity contribution < 1.29 is 13.9 Å². The number of hydrogen-bond acceptors (Lipinski definition) is 4. The van der Waals surface area contributed by atoms with Crippen molar-refractivity contribution in [3.63, 3.8) is 0 Å². The topological polar surface area (TPSA) is 50.7 Å². The van der Waals surface area contributed by atoms with Crippen LogP contribution >= 0.6 is 43.6 Å². The van der Waals surface area contributed by atoms with E-state index in [9.17, 15) is 9.18 Å². The van der Waals surface area contributed by atoms with Gasteiger partial charge in [0.15, 0.2) is 5.17 Å². The number of carbonyl (C=O) groups excluding carboxylic acids is 1. The van der Waals surface area contributed by atoms with Gasteiger partial charge in [-0.15, -0.1) is 0 Å². The minimum absolute atomic E-state index is 0.191. The van der Waals surface area contributed by atoms with Gasteiger partial charge in [0.05, 0.1) is 19.5 Å². The van der Waals surface area contributed by atoms with E-state index in [1.807, 2.05) is 42.5 Å². The highest BCUT2D eigenvalue weighted by Crippen LogP contribution is 2.37. The number of benzene rings is 3. The molecule has 1 aliphatic rings. The monoisotopic (exact) mass is 560 g/mol. The van der Waals surface area contributed by atoms with Crippen molar-refractivity contribution in [3.05, 3.63) is 97.5 Å². The Balaban J connectivity index is 1.50. The van der Waals surface area contributed by atoms with Gasteiger partial charge in [-0.3, -0.25) is 4.79 Å². The van der Waals surface area contributed by atoms with Gasteiger partial charge in [-0.05, 0) is 97.2 Å². The van der Waals surface area contributed by atoms with E-state index in [1.54, 1.807) is 18.2 Å². The third-order valence-corrected chi connectivity index (χ3v) is 6.34. The molecule has 3 aromatic rings. The Hall–Kier alpha value is -2.42. The van der Waals surface area contributed by atoms with Gasteiger partial charge in [0, 0.05) is 0 Å². The molecule has 0 radical (unpaired) electrons. The van der Waals surface area contributed by atoms with Crippen LogP contribution < -0.4 is 10.1 Å². The number of thioether (sulfide) groups is 1. The molecule has 4 nitrogen and oxygen atoms in total. The average Bonchev–Trinajstić information content (AvgIpc) is 3.08. The molecule has 3 aromatic carbocycles. The molecule has 1 heterocycles. The summed E-state index contributed by atoms with van der Waals surface area (Å²) in [5.74, 6) is 0.152. The Morgan fingerprint density at radius 1 is 1.03 bits per heavy atom. The fraction of sp³-hybridized carbons (Fsp3) is 0.0435. The molecule has 0 saturated carbocycles. The third-order valence-electron chi connectivity index (χ3n) is 4.25. The first-order valence-electron chi connectivity index (χ1n) is 9.19. The number of para-hydroxylation sites is 1. The summed E-state index contributed by atoms with van der Waals surface area (Å²) < 4.78 is 20.4. The maximum atomic E-state index is 13.1. The van der Waals surface area contributed by atoms with Crippen molar-refractivity contribution in [2.75, 3.05) is 0 Å². The summed E-state index contributed by atoms with van der Waals surface area (Å²) in [5, 5.41) is 3.33. The molecule has 1 amide bonds. The maximum absolute atomic E-state index is 13.1. The van der Waals surface area contributed by atoms with Gasteiger partial charge >= 0.3 is 0 Å². The van der Waals surface area contributed by atoms with E-state index < -0.39 is 0 Å². The molecule has 1 aliphatic heterocycles. The van der Waals surface area contributed by atoms with E-state index in [1.165, 1.54) is 23.9 Å². The number of halogens is 3. The van der Waals surface area contributed by atoms with Crippen molar-refractivity contribution >= 4 is 66.5 Å². The SMILES string of the molecule is O=C1NC(=Nc2ccccc2)S/C1=C/c1cc(Br)c(OCc2ccc(F)cc2)c(Br)c1. The smallest absolute Gasteiger partial charge is 0.264 e. The van der Waals surface area contributed by atoms with Crippen LogP contribution in [0.15, 0.2) is 85.6 Å². The van der Waals surface area contributed by atoms with Gasteiger partial charge in [-0.25, -0.2) is 9.38 Å². The molecule has 0 aliphatic carbocycles. The lowest BCUT2D eigenvalue weighted by atomic mass is 10.2. The van der Waals surface area contributed by atoms with E-state index in [0.717, 1.165) is 25.8 Å². The Morgan fingerprint density at radius 3 is 2.39 bits per heavy atom. The van der Waals surface area contributed by atoms with Gasteiger partial charge < -0.3 is 10.1 Å². The Morgan fingerprint density at radius 2 is 1.71 bits per heavy atom. The highest BCUT2D eigenvalue weighted by Gasteiger charge is 2.24. The summed E-state index contributed by atoms with van der Waals surface area (Å²) in [5.41, 5.74) is 2.46. The van der Waals surface area contributed by atoms with Crippen molar-refractivity contribution in [2.24, 2.45) is 4.99 Å². The highest BCUT2D eigenvalue weighted by atomic mass is 79.9. The maximum Gasteiger partial charge on any atom is 0.264 e. The lowest BCUT2D eigenvalue weighted by molar-refractivity contribution is -0.115. The zero-order valence-electron chi connectivity index (χ0n) is 15.9. The molecular formula is C23H15Br2FN2O2S. The Labute approximate surface area is 199 Å². The van der Waals surface area contributed by atoms with E-state index in [2.05, 4.69) is 42.2 Å². The van der Waals surface area contributed by atoms with Crippen LogP contribution in [0.2, 0.25) is 0 Å². The van der Waals surface area contributed by atoms with Crippen molar-refractivity contribution in [1.29, 1.82) is 0 Å². The molecule has 1 fully saturated rings. The number of nitrogens with zero attached hydrogens (tertiary/aromatic N) is 1. The van der Waals surface area contributed by atoms with Crippen LogP contribution in [0.25, 0.3) is 6.08 Å². The molecule has 0 spiro atoms. The number of ether oxygens (including phenoxy) is 1. The standard InChI is InChI=1S/C23H15Br2FN2O2S/c24-18-10-15(11-19(25)21(18)30-13-14-6-8-16(26)9-7-14)12-20-22(29)28-23(31-20)27-17-4-2-1-3-5-17/h1-12H,13H2,(H,27,28,29)/b20-12+. The van der Waals surface area contributed by atoms with Crippen LogP contribution in [0, 0.1) is 5.82 Å². The number of nitrogens with one attached hydrogen (secondary N) is 1. The van der Waals surface area contributed by atoms with Gasteiger partial charge in [-0.1, -0.05) is 30.3 Å². The number of amides is 1. The summed E-state index contributed by atoms with van der Waals surface area (Å²) in [6.07, 6.45) is 1.80. The molecule has 156 valence electrons. The normalized spacial score (nSPS) is 16.0. The average molecular weight is 562 g/mol. The second-order valence-electron chi connectivity index (χ2n) is 6.55. The van der Waals surface area contributed by atoms with Gasteiger partial charge in [0.25, 0.3) is 5.91 Å². The van der Waals surface area contributed by atoms with E-state index in [0.29, 0.717) is 22.4 Å². The van der Waals surface area contributed by atoms with Crippen LogP contribution in [0.3, 0.4) is 0 Å². The fourth-order valence-corrected chi connectivity index (χ4v) is 5.08. The number of aliphatic imine (C=N–C) groups is 1. The summed E-state index contributed by atoms with van der Waals surface area (Å²) >= 11 is 8.35. The molecule has 0 unspecified atom stereocenters. The van der Waals surface area contributed by atoms with Crippen molar-refractivity contribution in [2.45, 2.75) is 6.61 Å². The van der Waals surface area contributed by atoms with Gasteiger partial charge in [0.2, 0.25) is 0 Å². The van der Waals surface area contributed by atoms with Crippen LogP contribution in [-0.4, -0.2) is 11.1 Å². The first-order chi connectivity index (χ1) is 15.0. The highest BCUT2D eigenvalue weighted by molar-refractivity contribution is 9.11. The first kappa shape index (κ1) is 21.8. The zero-order valence-corrected chi connectivity index (χ0v) is 19.9. The van der Waals surface area contributed by atoms with Crippen molar-refractivity contribution in [3.8, 4) is 5.75 Å². The summed E-state index contributed by atoms with van der Waals surface area (Å²) in [6.45, 7) is 0.301. The van der Waals surface area contributed by atoms with Crippen LogP contribution in [0.4, 0.5) is 10.1 Å². The van der Waals surface area contributed by atoms with Gasteiger partial charge in [-0.2, -0.15) is 0 Å². The zero-order chi connectivity index (χ0) is 21.8. The van der Waals surface area contributed by atoms with E-state index in [-0.39, 0.29) is 11.7 Å². The summed E-state index contributed by atoms with van der Waals surface area (Å²) in [6, 6.07) is 19.4. The van der Waals surface area contributed by atoms with Gasteiger partial charge in [0.1, 0.15) is 18.2 Å². The van der Waals surface area contributed by atoms with Crippen LogP contribution in [0.5, 0.6) is 5.75 Å². The predicted molar refractivity (Wildman–Crippen MR) is 130 cm³/mol.